The van der Waals surface area contributed by atoms with E-state index >= 15 is 0 Å². The molecule has 0 saturated carbocycles. The summed E-state index contributed by atoms with van der Waals surface area (Å²) in [7, 11) is 0. The first-order valence-corrected chi connectivity index (χ1v) is 15.1. The monoisotopic (exact) mass is 373 g/mol. The van der Waals surface area contributed by atoms with E-state index in [2.05, 4.69) is 33.1 Å². The molecule has 0 aromatic heterocycles. The Balaban J connectivity index is 5.08. The molecule has 0 amide bonds. The standard InChI is InChI=1S/C21H44NPS/c1-5-9-13-14-15-16-20-23(24-21-22,17-10-6-2,18-11-7-3)19-12-8-4/h5-20H2,1-4H3. The predicted molar refractivity (Wildman–Crippen MR) is 118 cm³/mol. The molecule has 0 aromatic rings. The van der Waals surface area contributed by atoms with Gasteiger partial charge in [0.15, 0.2) is 0 Å². The Morgan fingerprint density at radius 3 is 1.38 bits per heavy atom. The Kier molecular flexibility index (Phi) is 14.6. The van der Waals surface area contributed by atoms with Crippen LogP contribution in [0.3, 0.4) is 0 Å². The first kappa shape index (κ1) is 24.3. The zero-order chi connectivity index (χ0) is 18.2. The second kappa shape index (κ2) is 14.4. The summed E-state index contributed by atoms with van der Waals surface area (Å²) in [6.07, 6.45) is 21.6. The second-order valence-corrected chi connectivity index (χ2v) is 17.3. The molecule has 144 valence electrons. The summed E-state index contributed by atoms with van der Waals surface area (Å²) in [5.41, 5.74) is 0. The van der Waals surface area contributed by atoms with Crippen LogP contribution >= 0.6 is 17.2 Å². The molecule has 0 rings (SSSR count). The maximum absolute atomic E-state index is 9.68. The zero-order valence-corrected chi connectivity index (χ0v) is 18.8. The van der Waals surface area contributed by atoms with Crippen LogP contribution in [0, 0.1) is 10.7 Å². The molecule has 0 aromatic carbocycles. The van der Waals surface area contributed by atoms with Crippen molar-refractivity contribution in [3.8, 4) is 5.40 Å². The minimum absolute atomic E-state index is 1.28. The van der Waals surface area contributed by atoms with Crippen LogP contribution in [-0.2, 0) is 0 Å². The molecule has 0 N–H and O–H groups in total. The van der Waals surface area contributed by atoms with Gasteiger partial charge in [-0.25, -0.2) is 0 Å². The fraction of sp³-hybridized carbons (Fsp3) is 0.952. The van der Waals surface area contributed by atoms with Gasteiger partial charge in [0.2, 0.25) is 0 Å². The third-order valence-electron chi connectivity index (χ3n) is 5.61. The summed E-state index contributed by atoms with van der Waals surface area (Å²) in [6.45, 7) is 9.23. The fourth-order valence-corrected chi connectivity index (χ4v) is 13.6. The molecule has 24 heavy (non-hydrogen) atoms. The van der Waals surface area contributed by atoms with E-state index in [1.165, 1.54) is 102 Å². The number of unbranched alkanes of at least 4 members (excludes halogenated alkanes) is 8. The van der Waals surface area contributed by atoms with E-state index in [1.54, 1.807) is 11.4 Å². The van der Waals surface area contributed by atoms with Crippen molar-refractivity contribution >= 4 is 17.2 Å². The molecule has 0 saturated heterocycles. The van der Waals surface area contributed by atoms with E-state index in [0.29, 0.717) is 0 Å². The van der Waals surface area contributed by atoms with Crippen LogP contribution in [0.15, 0.2) is 0 Å². The number of hydrogen-bond acceptors (Lipinski definition) is 2. The van der Waals surface area contributed by atoms with Crippen molar-refractivity contribution in [3.05, 3.63) is 0 Å². The summed E-state index contributed by atoms with van der Waals surface area (Å²) in [4.78, 5) is 0. The topological polar surface area (TPSA) is 23.8 Å². The van der Waals surface area contributed by atoms with E-state index in [9.17, 15) is 5.26 Å². The molecular weight excluding hydrogens is 329 g/mol. The maximum atomic E-state index is 9.68. The molecule has 0 aliphatic rings. The molecule has 1 nitrogen and oxygen atoms in total. The first-order chi connectivity index (χ1) is 11.6. The average Bonchev–Trinajstić information content (AvgIpc) is 2.60. The van der Waals surface area contributed by atoms with Crippen LogP contribution in [-0.4, -0.2) is 24.6 Å². The molecule has 0 radical (unpaired) electrons. The van der Waals surface area contributed by atoms with Crippen LogP contribution in [0.4, 0.5) is 0 Å². The molecule has 0 unspecified atom stereocenters. The van der Waals surface area contributed by atoms with Gasteiger partial charge in [-0.1, -0.05) is 0 Å². The molecule has 0 aliphatic carbocycles. The van der Waals surface area contributed by atoms with E-state index in [-0.39, 0.29) is 0 Å². The number of thiocyanates is 1. The van der Waals surface area contributed by atoms with Crippen molar-refractivity contribution in [2.24, 2.45) is 0 Å². The van der Waals surface area contributed by atoms with E-state index in [1.807, 2.05) is 0 Å². The number of nitriles is 1. The predicted octanol–water partition coefficient (Wildman–Crippen LogP) is 8.43. The zero-order valence-electron chi connectivity index (χ0n) is 17.1. The first-order valence-electron chi connectivity index (χ1n) is 10.7. The SMILES string of the molecule is CCCCCCCCP(CCCC)(CCCC)(CCCC)SC#N. The van der Waals surface area contributed by atoms with Gasteiger partial charge in [0.05, 0.1) is 0 Å². The summed E-state index contributed by atoms with van der Waals surface area (Å²) in [5.74, 6) is -1.91. The summed E-state index contributed by atoms with van der Waals surface area (Å²) in [6, 6.07) is 0. The summed E-state index contributed by atoms with van der Waals surface area (Å²) in [5, 5.41) is 12.3. The number of nitrogens with zero attached hydrogens (tertiary/aromatic N) is 1. The quantitative estimate of drug-likeness (QED) is 0.145. The van der Waals surface area contributed by atoms with Gasteiger partial charge >= 0.3 is 157 Å². The van der Waals surface area contributed by atoms with Crippen molar-refractivity contribution in [1.29, 1.82) is 5.26 Å². The molecule has 0 heterocycles. The molecule has 0 spiro atoms. The molecule has 0 atom stereocenters. The third-order valence-corrected chi connectivity index (χ3v) is 16.0. The fourth-order valence-electron chi connectivity index (χ4n) is 3.94. The van der Waals surface area contributed by atoms with Crippen molar-refractivity contribution in [2.75, 3.05) is 24.6 Å². The summed E-state index contributed by atoms with van der Waals surface area (Å²) >= 11 is 1.80. The van der Waals surface area contributed by atoms with Crippen molar-refractivity contribution in [3.63, 3.8) is 0 Å². The molecular formula is C21H44NPS. The van der Waals surface area contributed by atoms with Gasteiger partial charge in [0.1, 0.15) is 0 Å². The van der Waals surface area contributed by atoms with Crippen LogP contribution in [0.5, 0.6) is 0 Å². The van der Waals surface area contributed by atoms with Gasteiger partial charge in [0.25, 0.3) is 0 Å². The molecule has 0 aliphatic heterocycles. The van der Waals surface area contributed by atoms with Crippen molar-refractivity contribution in [2.45, 2.75) is 105 Å². The molecule has 0 fully saturated rings. The Hall–Kier alpha value is 0.270. The van der Waals surface area contributed by atoms with E-state index in [4.69, 9.17) is 0 Å². The van der Waals surface area contributed by atoms with Crippen molar-refractivity contribution in [1.82, 2.24) is 0 Å². The Bertz CT molecular complexity index is 313. The number of hydrogen-bond donors (Lipinski definition) is 0. The van der Waals surface area contributed by atoms with Gasteiger partial charge in [-0.2, -0.15) is 0 Å². The van der Waals surface area contributed by atoms with Gasteiger partial charge in [-0.3, -0.25) is 0 Å². The number of rotatable bonds is 17. The Labute approximate surface area is 157 Å². The Morgan fingerprint density at radius 1 is 0.583 bits per heavy atom. The van der Waals surface area contributed by atoms with Crippen molar-refractivity contribution < 1.29 is 0 Å². The average molecular weight is 374 g/mol. The second-order valence-electron chi connectivity index (χ2n) is 7.76. The minimum atomic E-state index is -1.91. The van der Waals surface area contributed by atoms with E-state index in [0.717, 1.165) is 0 Å². The molecule has 0 bridgehead atoms. The van der Waals surface area contributed by atoms with Crippen LogP contribution < -0.4 is 0 Å². The third kappa shape index (κ3) is 9.10. The van der Waals surface area contributed by atoms with Crippen LogP contribution in [0.1, 0.15) is 105 Å². The van der Waals surface area contributed by atoms with Crippen LogP contribution in [0.2, 0.25) is 0 Å². The van der Waals surface area contributed by atoms with Gasteiger partial charge in [0, 0.05) is 0 Å². The van der Waals surface area contributed by atoms with E-state index < -0.39 is 5.81 Å². The molecule has 3 heteroatoms. The van der Waals surface area contributed by atoms with Gasteiger partial charge in [-0.05, 0) is 0 Å². The van der Waals surface area contributed by atoms with Gasteiger partial charge < -0.3 is 0 Å². The Morgan fingerprint density at radius 2 is 0.958 bits per heavy atom. The normalized spacial score (nSPS) is 13.4. The summed E-state index contributed by atoms with van der Waals surface area (Å²) < 4.78 is 0. The van der Waals surface area contributed by atoms with Crippen LogP contribution in [0.25, 0.3) is 0 Å². The van der Waals surface area contributed by atoms with Gasteiger partial charge in [-0.15, -0.1) is 0 Å².